The van der Waals surface area contributed by atoms with E-state index in [9.17, 15) is 9.59 Å². The van der Waals surface area contributed by atoms with E-state index in [2.05, 4.69) is 10.3 Å². The van der Waals surface area contributed by atoms with E-state index in [-0.39, 0.29) is 23.6 Å². The highest BCUT2D eigenvalue weighted by Crippen LogP contribution is 2.30. The van der Waals surface area contributed by atoms with Gasteiger partial charge in [0, 0.05) is 17.3 Å². The minimum atomic E-state index is -0.487. The summed E-state index contributed by atoms with van der Waals surface area (Å²) in [5.74, 6) is -0.547. The standard InChI is InChI=1S/C15H19N3O3S/c1-9(2)12-11(14(20)21-4)16-15(22-12)17-13(19)10(3)18-7-5-6-8-18/h5-10H,1-4H3,(H,16,17,19). The lowest BCUT2D eigenvalue weighted by molar-refractivity contribution is -0.118. The number of aromatic nitrogens is 2. The maximum atomic E-state index is 12.3. The highest BCUT2D eigenvalue weighted by atomic mass is 32.1. The molecule has 0 saturated carbocycles. The Kier molecular flexibility index (Phi) is 4.97. The summed E-state index contributed by atoms with van der Waals surface area (Å²) in [6.45, 7) is 5.73. The minimum absolute atomic E-state index is 0.124. The number of carbonyl (C=O) groups is 2. The van der Waals surface area contributed by atoms with Crippen LogP contribution in [0.5, 0.6) is 0 Å². The van der Waals surface area contributed by atoms with Crippen LogP contribution in [0.15, 0.2) is 24.5 Å². The van der Waals surface area contributed by atoms with E-state index in [0.717, 1.165) is 4.88 Å². The minimum Gasteiger partial charge on any atom is -0.464 e. The summed E-state index contributed by atoms with van der Waals surface area (Å²) < 4.78 is 6.54. The molecule has 0 aliphatic carbocycles. The first kappa shape index (κ1) is 16.2. The number of thiazole rings is 1. The molecule has 7 heteroatoms. The summed E-state index contributed by atoms with van der Waals surface area (Å²) >= 11 is 1.30. The molecule has 0 saturated heterocycles. The zero-order chi connectivity index (χ0) is 16.3. The van der Waals surface area contributed by atoms with Crippen LogP contribution < -0.4 is 5.32 Å². The topological polar surface area (TPSA) is 73.2 Å². The molecule has 2 aromatic rings. The predicted molar refractivity (Wildman–Crippen MR) is 85.3 cm³/mol. The van der Waals surface area contributed by atoms with Gasteiger partial charge in [0.15, 0.2) is 10.8 Å². The van der Waals surface area contributed by atoms with Crippen LogP contribution in [0.3, 0.4) is 0 Å². The molecule has 118 valence electrons. The van der Waals surface area contributed by atoms with Crippen LogP contribution in [-0.2, 0) is 9.53 Å². The molecule has 0 spiro atoms. The predicted octanol–water partition coefficient (Wildman–Crippen LogP) is 3.05. The van der Waals surface area contributed by atoms with Crippen LogP contribution in [-0.4, -0.2) is 28.5 Å². The van der Waals surface area contributed by atoms with Gasteiger partial charge in [-0.15, -0.1) is 11.3 Å². The Morgan fingerprint density at radius 2 is 1.91 bits per heavy atom. The summed E-state index contributed by atoms with van der Waals surface area (Å²) in [5, 5.41) is 3.17. The van der Waals surface area contributed by atoms with Crippen LogP contribution in [0, 0.1) is 0 Å². The molecule has 1 atom stereocenters. The monoisotopic (exact) mass is 321 g/mol. The van der Waals surface area contributed by atoms with E-state index in [0.29, 0.717) is 5.13 Å². The normalized spacial score (nSPS) is 12.2. The number of anilines is 1. The van der Waals surface area contributed by atoms with E-state index >= 15 is 0 Å². The number of nitrogens with one attached hydrogen (secondary N) is 1. The summed E-state index contributed by atoms with van der Waals surface area (Å²) in [7, 11) is 1.32. The molecule has 1 unspecified atom stereocenters. The third-order valence-corrected chi connectivity index (χ3v) is 4.51. The summed E-state index contributed by atoms with van der Waals surface area (Å²) in [6, 6.07) is 3.36. The van der Waals surface area contributed by atoms with Crippen molar-refractivity contribution in [2.24, 2.45) is 0 Å². The smallest absolute Gasteiger partial charge is 0.357 e. The molecule has 2 rings (SSSR count). The highest BCUT2D eigenvalue weighted by Gasteiger charge is 2.23. The van der Waals surface area contributed by atoms with Gasteiger partial charge in [0.2, 0.25) is 5.91 Å². The third kappa shape index (κ3) is 3.36. The van der Waals surface area contributed by atoms with Crippen molar-refractivity contribution in [3.63, 3.8) is 0 Å². The molecule has 2 heterocycles. The maximum Gasteiger partial charge on any atom is 0.357 e. The number of methoxy groups -OCH3 is 1. The van der Waals surface area contributed by atoms with Crippen LogP contribution in [0.4, 0.5) is 5.13 Å². The number of hydrogen-bond acceptors (Lipinski definition) is 5. The SMILES string of the molecule is COC(=O)c1nc(NC(=O)C(C)n2cccc2)sc1C(C)C. The highest BCUT2D eigenvalue weighted by molar-refractivity contribution is 7.16. The Bertz CT molecular complexity index is 662. The van der Waals surface area contributed by atoms with E-state index in [1.54, 1.807) is 11.5 Å². The first-order chi connectivity index (χ1) is 10.4. The van der Waals surface area contributed by atoms with Gasteiger partial charge < -0.3 is 14.6 Å². The van der Waals surface area contributed by atoms with Crippen molar-refractivity contribution in [1.29, 1.82) is 0 Å². The molecule has 0 aliphatic heterocycles. The maximum absolute atomic E-state index is 12.3. The summed E-state index contributed by atoms with van der Waals surface area (Å²) in [5.41, 5.74) is 0.270. The van der Waals surface area contributed by atoms with E-state index < -0.39 is 5.97 Å². The van der Waals surface area contributed by atoms with Gasteiger partial charge in [-0.1, -0.05) is 13.8 Å². The first-order valence-corrected chi connectivity index (χ1v) is 7.78. The van der Waals surface area contributed by atoms with Crippen molar-refractivity contribution in [3.8, 4) is 0 Å². The van der Waals surface area contributed by atoms with E-state index in [1.807, 2.05) is 38.4 Å². The molecule has 0 aliphatic rings. The molecule has 0 fully saturated rings. The second-order valence-electron chi connectivity index (χ2n) is 5.17. The van der Waals surface area contributed by atoms with Gasteiger partial charge in [0.1, 0.15) is 6.04 Å². The fourth-order valence-electron chi connectivity index (χ4n) is 1.97. The number of carbonyl (C=O) groups excluding carboxylic acids is 2. The Hall–Kier alpha value is -2.15. The van der Waals surface area contributed by atoms with Gasteiger partial charge in [-0.05, 0) is 25.0 Å². The number of hydrogen-bond donors (Lipinski definition) is 1. The number of esters is 1. The molecule has 0 aromatic carbocycles. The van der Waals surface area contributed by atoms with Gasteiger partial charge in [-0.3, -0.25) is 4.79 Å². The second-order valence-corrected chi connectivity index (χ2v) is 6.20. The van der Waals surface area contributed by atoms with E-state index in [1.165, 1.54) is 18.4 Å². The lowest BCUT2D eigenvalue weighted by Gasteiger charge is -2.12. The Morgan fingerprint density at radius 1 is 1.27 bits per heavy atom. The number of rotatable bonds is 5. The molecule has 6 nitrogen and oxygen atoms in total. The van der Waals surface area contributed by atoms with Gasteiger partial charge in [-0.2, -0.15) is 0 Å². The van der Waals surface area contributed by atoms with Crippen LogP contribution >= 0.6 is 11.3 Å². The van der Waals surface area contributed by atoms with Crippen molar-refractivity contribution in [2.45, 2.75) is 32.7 Å². The zero-order valence-corrected chi connectivity index (χ0v) is 13.8. The number of ether oxygens (including phenoxy) is 1. The molecule has 1 amide bonds. The van der Waals surface area contributed by atoms with Crippen molar-refractivity contribution in [2.75, 3.05) is 12.4 Å². The lowest BCUT2D eigenvalue weighted by Crippen LogP contribution is -2.22. The number of amides is 1. The molecule has 1 N–H and O–H groups in total. The van der Waals surface area contributed by atoms with Crippen LogP contribution in [0.2, 0.25) is 0 Å². The van der Waals surface area contributed by atoms with Crippen molar-refractivity contribution in [1.82, 2.24) is 9.55 Å². The average Bonchev–Trinajstić information content (AvgIpc) is 3.14. The largest absolute Gasteiger partial charge is 0.464 e. The molecule has 0 radical (unpaired) electrons. The molecule has 22 heavy (non-hydrogen) atoms. The lowest BCUT2D eigenvalue weighted by atomic mass is 10.1. The Labute approximate surface area is 133 Å². The first-order valence-electron chi connectivity index (χ1n) is 6.96. The van der Waals surface area contributed by atoms with Gasteiger partial charge in [0.25, 0.3) is 0 Å². The zero-order valence-electron chi connectivity index (χ0n) is 13.0. The summed E-state index contributed by atoms with van der Waals surface area (Å²) in [6.07, 6.45) is 3.65. The Balaban J connectivity index is 2.19. The van der Waals surface area contributed by atoms with Gasteiger partial charge in [0.05, 0.1) is 7.11 Å². The summed E-state index contributed by atoms with van der Waals surface area (Å²) in [4.78, 5) is 29.0. The Morgan fingerprint density at radius 3 is 2.45 bits per heavy atom. The molecular weight excluding hydrogens is 302 g/mol. The van der Waals surface area contributed by atoms with Gasteiger partial charge in [-0.25, -0.2) is 9.78 Å². The quantitative estimate of drug-likeness (QED) is 0.859. The molecule has 2 aromatic heterocycles. The molecule has 0 bridgehead atoms. The van der Waals surface area contributed by atoms with Crippen LogP contribution in [0.1, 0.15) is 48.1 Å². The second kappa shape index (κ2) is 6.74. The number of nitrogens with zero attached hydrogens (tertiary/aromatic N) is 2. The van der Waals surface area contributed by atoms with E-state index in [4.69, 9.17) is 4.74 Å². The fourth-order valence-corrected chi connectivity index (χ4v) is 2.93. The van der Waals surface area contributed by atoms with Crippen molar-refractivity contribution in [3.05, 3.63) is 35.1 Å². The van der Waals surface area contributed by atoms with Crippen molar-refractivity contribution >= 4 is 28.3 Å². The van der Waals surface area contributed by atoms with Crippen molar-refractivity contribution < 1.29 is 14.3 Å². The van der Waals surface area contributed by atoms with Gasteiger partial charge >= 0.3 is 5.97 Å². The van der Waals surface area contributed by atoms with Crippen LogP contribution in [0.25, 0.3) is 0 Å². The fraction of sp³-hybridized carbons (Fsp3) is 0.400. The molecular formula is C15H19N3O3S. The third-order valence-electron chi connectivity index (χ3n) is 3.24. The average molecular weight is 321 g/mol.